The Morgan fingerprint density at radius 3 is 2.54 bits per heavy atom. The standard InChI is InChI=1S/C26H27F2N7O3S/c1-25(20-9-17(3-5-21(20)28)10-23(36)22-6-4-19(27)13-32-22)26(39(37,38)34(2)24(29)33-25)7-8-35(15-26)14-18-11-30-16-31-12-18/h3-6,9,11-13,16H,7-8,10,14-15H2,1-2H3,(H2,29,33)/t25-,26+/m1/s1. The summed E-state index contributed by atoms with van der Waals surface area (Å²) in [6, 6.07) is 6.51. The molecule has 2 atom stereocenters. The number of guanidine groups is 1. The summed E-state index contributed by atoms with van der Waals surface area (Å²) in [5.74, 6) is -1.89. The molecule has 1 fully saturated rings. The molecule has 5 rings (SSSR count). The van der Waals surface area contributed by atoms with Crippen LogP contribution in [0.1, 0.15) is 40.5 Å². The summed E-state index contributed by atoms with van der Waals surface area (Å²) >= 11 is 0. The fourth-order valence-corrected chi connectivity index (χ4v) is 7.65. The minimum Gasteiger partial charge on any atom is -0.369 e. The lowest BCUT2D eigenvalue weighted by molar-refractivity contribution is 0.0988. The fourth-order valence-electron chi connectivity index (χ4n) is 5.49. The summed E-state index contributed by atoms with van der Waals surface area (Å²) in [5.41, 5.74) is 5.79. The summed E-state index contributed by atoms with van der Waals surface area (Å²) in [4.78, 5) is 31.2. The van der Waals surface area contributed by atoms with E-state index in [0.717, 1.165) is 22.1 Å². The van der Waals surface area contributed by atoms with Crippen molar-refractivity contribution in [1.82, 2.24) is 24.2 Å². The number of hydrogen-bond donors (Lipinski definition) is 1. The molecule has 0 radical (unpaired) electrons. The van der Waals surface area contributed by atoms with E-state index in [1.165, 1.54) is 37.6 Å². The van der Waals surface area contributed by atoms with Gasteiger partial charge in [-0.1, -0.05) is 6.07 Å². The molecule has 1 saturated heterocycles. The molecule has 2 N–H and O–H groups in total. The molecular formula is C26H27F2N7O3S. The van der Waals surface area contributed by atoms with Crippen molar-refractivity contribution in [2.75, 3.05) is 20.1 Å². The van der Waals surface area contributed by atoms with E-state index in [0.29, 0.717) is 18.7 Å². The lowest BCUT2D eigenvalue weighted by atomic mass is 9.77. The average molecular weight is 556 g/mol. The van der Waals surface area contributed by atoms with Crippen molar-refractivity contribution in [2.24, 2.45) is 10.7 Å². The van der Waals surface area contributed by atoms with Gasteiger partial charge in [0.2, 0.25) is 16.0 Å². The smallest absolute Gasteiger partial charge is 0.247 e. The normalized spacial score (nSPS) is 24.6. The van der Waals surface area contributed by atoms with E-state index in [1.807, 2.05) is 4.90 Å². The molecule has 39 heavy (non-hydrogen) atoms. The number of halogens is 2. The number of likely N-dealkylation sites (tertiary alicyclic amines) is 1. The predicted molar refractivity (Wildman–Crippen MR) is 139 cm³/mol. The molecule has 10 nitrogen and oxygen atoms in total. The second-order valence-electron chi connectivity index (χ2n) is 9.99. The third kappa shape index (κ3) is 4.44. The van der Waals surface area contributed by atoms with Gasteiger partial charge in [-0.15, -0.1) is 0 Å². The zero-order valence-electron chi connectivity index (χ0n) is 21.4. The van der Waals surface area contributed by atoms with Gasteiger partial charge in [-0.25, -0.2) is 36.5 Å². The molecule has 0 aliphatic carbocycles. The van der Waals surface area contributed by atoms with Gasteiger partial charge in [0.1, 0.15) is 33.9 Å². The Hall–Kier alpha value is -3.84. The first-order valence-corrected chi connectivity index (χ1v) is 13.6. The van der Waals surface area contributed by atoms with Crippen molar-refractivity contribution in [1.29, 1.82) is 0 Å². The predicted octanol–water partition coefficient (Wildman–Crippen LogP) is 2.03. The van der Waals surface area contributed by atoms with Gasteiger partial charge in [-0.05, 0) is 43.2 Å². The highest BCUT2D eigenvalue weighted by Gasteiger charge is 2.66. The molecule has 0 unspecified atom stereocenters. The number of sulfonamides is 1. The zero-order chi connectivity index (χ0) is 28.0. The van der Waals surface area contributed by atoms with E-state index < -0.39 is 37.7 Å². The topological polar surface area (TPSA) is 135 Å². The SMILES string of the molecule is CN1C(N)=N[C@](C)(c2cc(CC(=O)c3ccc(F)cn3)ccc2F)[C@@]2(CCN(Cc3cncnc3)C2)S1(=O)=O. The molecule has 204 valence electrons. The molecule has 1 aromatic carbocycles. The Morgan fingerprint density at radius 2 is 1.85 bits per heavy atom. The zero-order valence-corrected chi connectivity index (χ0v) is 22.2. The maximum Gasteiger partial charge on any atom is 0.247 e. The van der Waals surface area contributed by atoms with Crippen LogP contribution in [0.25, 0.3) is 0 Å². The first-order chi connectivity index (χ1) is 18.5. The van der Waals surface area contributed by atoms with E-state index in [9.17, 15) is 17.6 Å². The molecule has 2 aliphatic heterocycles. The number of nitrogens with two attached hydrogens (primary N) is 1. The second-order valence-corrected chi connectivity index (χ2v) is 12.3. The van der Waals surface area contributed by atoms with Crippen LogP contribution < -0.4 is 5.73 Å². The molecule has 0 bridgehead atoms. The van der Waals surface area contributed by atoms with Gasteiger partial charge in [0.25, 0.3) is 0 Å². The van der Waals surface area contributed by atoms with Crippen molar-refractivity contribution in [3.63, 3.8) is 0 Å². The number of Topliss-reactive ketones (excluding diaryl/α,β-unsaturated/α-hetero) is 1. The van der Waals surface area contributed by atoms with Crippen molar-refractivity contribution in [2.45, 2.75) is 36.6 Å². The first kappa shape index (κ1) is 26.8. The highest BCUT2D eigenvalue weighted by molar-refractivity contribution is 7.91. The molecule has 4 heterocycles. The quantitative estimate of drug-likeness (QED) is 0.457. The molecule has 2 aromatic heterocycles. The molecule has 3 aromatic rings. The molecule has 0 saturated carbocycles. The van der Waals surface area contributed by atoms with Crippen LogP contribution in [0.2, 0.25) is 0 Å². The summed E-state index contributed by atoms with van der Waals surface area (Å²) < 4.78 is 56.3. The van der Waals surface area contributed by atoms with Gasteiger partial charge in [-0.3, -0.25) is 14.7 Å². The summed E-state index contributed by atoms with van der Waals surface area (Å²) in [7, 11) is -2.77. The summed E-state index contributed by atoms with van der Waals surface area (Å²) in [5, 5.41) is 0. The van der Waals surface area contributed by atoms with Crippen molar-refractivity contribution in [3.05, 3.63) is 89.3 Å². The molecule has 1 spiro atoms. The minimum atomic E-state index is -4.11. The van der Waals surface area contributed by atoms with E-state index in [4.69, 9.17) is 5.73 Å². The van der Waals surface area contributed by atoms with Crippen LogP contribution in [0.3, 0.4) is 0 Å². The highest BCUT2D eigenvalue weighted by atomic mass is 32.2. The Bertz CT molecular complexity index is 1550. The third-order valence-electron chi connectivity index (χ3n) is 7.67. The molecule has 0 amide bonds. The van der Waals surface area contributed by atoms with Gasteiger partial charge < -0.3 is 5.73 Å². The summed E-state index contributed by atoms with van der Waals surface area (Å²) in [6.07, 6.45) is 5.69. The maximum absolute atomic E-state index is 15.6. The van der Waals surface area contributed by atoms with Gasteiger partial charge >= 0.3 is 0 Å². The van der Waals surface area contributed by atoms with Crippen molar-refractivity contribution in [3.8, 4) is 0 Å². The number of pyridine rings is 1. The Balaban J connectivity index is 1.55. The number of carbonyl (C=O) groups excluding carboxylic acids is 1. The molecule has 2 aliphatic rings. The number of rotatable bonds is 6. The van der Waals surface area contributed by atoms with Crippen LogP contribution in [-0.2, 0) is 28.5 Å². The maximum atomic E-state index is 15.6. The number of benzene rings is 1. The highest BCUT2D eigenvalue weighted by Crippen LogP contribution is 2.51. The third-order valence-corrected chi connectivity index (χ3v) is 10.3. The Morgan fingerprint density at radius 1 is 1.10 bits per heavy atom. The summed E-state index contributed by atoms with van der Waals surface area (Å²) in [6.45, 7) is 2.44. The lowest BCUT2D eigenvalue weighted by Gasteiger charge is -2.48. The second kappa shape index (κ2) is 9.72. The first-order valence-electron chi connectivity index (χ1n) is 12.2. The molecular weight excluding hydrogens is 528 g/mol. The fraction of sp³-hybridized carbons (Fsp3) is 0.346. The number of aliphatic imine (C=N–C) groups is 1. The number of ketones is 1. The van der Waals surface area contributed by atoms with Crippen LogP contribution in [0.5, 0.6) is 0 Å². The largest absolute Gasteiger partial charge is 0.369 e. The molecule has 13 heteroatoms. The van der Waals surface area contributed by atoms with Gasteiger partial charge in [0.15, 0.2) is 5.78 Å². The van der Waals surface area contributed by atoms with Crippen molar-refractivity contribution >= 4 is 21.8 Å². The number of carbonyl (C=O) groups is 1. The van der Waals surface area contributed by atoms with Gasteiger partial charge in [-0.2, -0.15) is 0 Å². The van der Waals surface area contributed by atoms with Crippen LogP contribution >= 0.6 is 0 Å². The van der Waals surface area contributed by atoms with Crippen LogP contribution in [0, 0.1) is 11.6 Å². The van der Waals surface area contributed by atoms with Crippen LogP contribution in [0.4, 0.5) is 8.78 Å². The van der Waals surface area contributed by atoms with Crippen LogP contribution in [-0.4, -0.2) is 69.2 Å². The number of nitrogens with zero attached hydrogens (tertiary/aromatic N) is 6. The Labute approximate surface area is 224 Å². The average Bonchev–Trinajstić information content (AvgIpc) is 3.35. The van der Waals surface area contributed by atoms with E-state index in [-0.39, 0.29) is 36.6 Å². The number of hydrogen-bond acceptors (Lipinski definition) is 9. The lowest BCUT2D eigenvalue weighted by Crippen LogP contribution is -2.66. The van der Waals surface area contributed by atoms with E-state index in [1.54, 1.807) is 19.3 Å². The van der Waals surface area contributed by atoms with Gasteiger partial charge in [0, 0.05) is 56.6 Å². The van der Waals surface area contributed by atoms with E-state index in [2.05, 4.69) is 19.9 Å². The van der Waals surface area contributed by atoms with Crippen LogP contribution in [0.15, 0.2) is 60.2 Å². The number of aromatic nitrogens is 3. The minimum absolute atomic E-state index is 0.0179. The monoisotopic (exact) mass is 555 g/mol. The Kier molecular flexibility index (Phi) is 6.67. The van der Waals surface area contributed by atoms with Gasteiger partial charge in [0.05, 0.1) is 6.20 Å². The van der Waals surface area contributed by atoms with Crippen molar-refractivity contribution < 1.29 is 22.0 Å². The van der Waals surface area contributed by atoms with E-state index >= 15 is 4.39 Å².